The molecule has 4 heteroatoms. The molecule has 20 heavy (non-hydrogen) atoms. The fourth-order valence-electron chi connectivity index (χ4n) is 2.74. The molecule has 2 aromatic heterocycles. The van der Waals surface area contributed by atoms with E-state index in [0.717, 1.165) is 47.5 Å². The van der Waals surface area contributed by atoms with Gasteiger partial charge in [0.1, 0.15) is 11.5 Å². The molecule has 0 aliphatic heterocycles. The molecule has 0 bridgehead atoms. The van der Waals surface area contributed by atoms with Gasteiger partial charge >= 0.3 is 0 Å². The molecule has 0 amide bonds. The average Bonchev–Trinajstić information content (AvgIpc) is 2.39. The first-order valence-corrected chi connectivity index (χ1v) is 7.31. The van der Waals surface area contributed by atoms with Crippen molar-refractivity contribution in [2.24, 2.45) is 0 Å². The molecular weight excluding hydrogens is 250 g/mol. The van der Waals surface area contributed by atoms with Crippen LogP contribution in [0.1, 0.15) is 37.6 Å². The molecule has 108 valence electrons. The first-order chi connectivity index (χ1) is 9.53. The Balaban J connectivity index is 2.77. The molecule has 4 nitrogen and oxygen atoms in total. The molecule has 2 rings (SSSR count). The summed E-state index contributed by atoms with van der Waals surface area (Å²) in [6.45, 7) is 12.0. The smallest absolute Gasteiger partial charge is 0.194 e. The topological polar surface area (TPSA) is 49.0 Å². The van der Waals surface area contributed by atoms with Gasteiger partial charge in [0.15, 0.2) is 5.43 Å². The normalized spacial score (nSPS) is 11.1. The van der Waals surface area contributed by atoms with Gasteiger partial charge in [0.2, 0.25) is 0 Å². The number of aromatic nitrogens is 2. The molecule has 0 radical (unpaired) electrons. The largest absolute Gasteiger partial charge is 0.357 e. The lowest BCUT2D eigenvalue weighted by atomic mass is 10.1. The predicted molar refractivity (Wildman–Crippen MR) is 84.8 cm³/mol. The molecule has 0 spiro atoms. The van der Waals surface area contributed by atoms with Gasteiger partial charge in [-0.15, -0.1) is 0 Å². The Morgan fingerprint density at radius 3 is 2.40 bits per heavy atom. The fourth-order valence-corrected chi connectivity index (χ4v) is 2.74. The third-order valence-electron chi connectivity index (χ3n) is 3.90. The van der Waals surface area contributed by atoms with Crippen LogP contribution in [-0.4, -0.2) is 23.1 Å². The van der Waals surface area contributed by atoms with E-state index >= 15 is 0 Å². The Morgan fingerprint density at radius 1 is 1.20 bits per heavy atom. The zero-order valence-electron chi connectivity index (χ0n) is 13.0. The predicted octanol–water partition coefficient (Wildman–Crippen LogP) is 2.95. The summed E-state index contributed by atoms with van der Waals surface area (Å²) in [7, 11) is 0. The second-order valence-electron chi connectivity index (χ2n) is 5.10. The number of rotatable bonds is 4. The van der Waals surface area contributed by atoms with Crippen LogP contribution in [0.15, 0.2) is 10.9 Å². The van der Waals surface area contributed by atoms with E-state index in [0.29, 0.717) is 5.65 Å². The van der Waals surface area contributed by atoms with Crippen LogP contribution in [0, 0.1) is 13.8 Å². The average molecular weight is 273 g/mol. The molecule has 0 saturated heterocycles. The molecule has 0 aliphatic rings. The fraction of sp³-hybridized carbons (Fsp3) is 0.500. The first kappa shape index (κ1) is 14.6. The highest BCUT2D eigenvalue weighted by Crippen LogP contribution is 2.20. The van der Waals surface area contributed by atoms with Gasteiger partial charge in [-0.25, -0.2) is 4.98 Å². The number of pyridine rings is 2. The van der Waals surface area contributed by atoms with Crippen LogP contribution < -0.4 is 10.3 Å². The lowest BCUT2D eigenvalue weighted by Gasteiger charge is -2.21. The van der Waals surface area contributed by atoms with Crippen LogP contribution in [0.3, 0.4) is 0 Å². The van der Waals surface area contributed by atoms with Gasteiger partial charge in [-0.3, -0.25) is 4.79 Å². The monoisotopic (exact) mass is 273 g/mol. The summed E-state index contributed by atoms with van der Waals surface area (Å²) in [5.41, 5.74) is 3.60. The number of hydrogen-bond acceptors (Lipinski definition) is 3. The van der Waals surface area contributed by atoms with E-state index in [1.54, 1.807) is 0 Å². The maximum Gasteiger partial charge on any atom is 0.194 e. The molecule has 0 atom stereocenters. The number of nitrogens with one attached hydrogen (secondary N) is 1. The molecule has 0 saturated carbocycles. The van der Waals surface area contributed by atoms with E-state index in [1.165, 1.54) is 0 Å². The van der Waals surface area contributed by atoms with Crippen molar-refractivity contribution in [3.05, 3.63) is 33.1 Å². The highest BCUT2D eigenvalue weighted by molar-refractivity contribution is 5.81. The number of H-pyrrole nitrogens is 1. The standard InChI is InChI=1S/C16H23N3O/c1-6-12-11(5)17-16-14(15(12)20)10(4)9-13(18-16)19(7-2)8-3/h9H,6-8H2,1-5H3,(H,17,18,20). The Hall–Kier alpha value is -1.84. The number of aromatic amines is 1. The molecule has 0 unspecified atom stereocenters. The van der Waals surface area contributed by atoms with Crippen molar-refractivity contribution in [3.8, 4) is 0 Å². The van der Waals surface area contributed by atoms with Gasteiger partial charge in [0.05, 0.1) is 5.39 Å². The number of anilines is 1. The van der Waals surface area contributed by atoms with Crippen LogP contribution in [-0.2, 0) is 6.42 Å². The Kier molecular flexibility index (Phi) is 4.12. The number of fused-ring (bicyclic) bond motifs is 1. The Morgan fingerprint density at radius 2 is 1.85 bits per heavy atom. The molecule has 2 heterocycles. The maximum atomic E-state index is 12.5. The van der Waals surface area contributed by atoms with Crippen molar-refractivity contribution >= 4 is 16.9 Å². The van der Waals surface area contributed by atoms with E-state index < -0.39 is 0 Å². The minimum absolute atomic E-state index is 0.120. The van der Waals surface area contributed by atoms with Gasteiger partial charge in [0, 0.05) is 24.3 Å². The van der Waals surface area contributed by atoms with Gasteiger partial charge in [-0.2, -0.15) is 0 Å². The second-order valence-corrected chi connectivity index (χ2v) is 5.10. The number of hydrogen-bond donors (Lipinski definition) is 1. The molecule has 0 aromatic carbocycles. The van der Waals surface area contributed by atoms with Crippen molar-refractivity contribution < 1.29 is 0 Å². The summed E-state index contributed by atoms with van der Waals surface area (Å²) in [6, 6.07) is 2.01. The van der Waals surface area contributed by atoms with Crippen LogP contribution in [0.4, 0.5) is 5.82 Å². The van der Waals surface area contributed by atoms with Crippen LogP contribution in [0.2, 0.25) is 0 Å². The summed E-state index contributed by atoms with van der Waals surface area (Å²) in [5.74, 6) is 0.930. The van der Waals surface area contributed by atoms with Gasteiger partial charge in [0.25, 0.3) is 0 Å². The van der Waals surface area contributed by atoms with Gasteiger partial charge in [-0.05, 0) is 45.7 Å². The number of aryl methyl sites for hydroxylation is 2. The van der Waals surface area contributed by atoms with Crippen molar-refractivity contribution in [3.63, 3.8) is 0 Å². The summed E-state index contributed by atoms with van der Waals surface area (Å²) in [6.07, 6.45) is 0.744. The lowest BCUT2D eigenvalue weighted by Crippen LogP contribution is -2.24. The number of nitrogens with zero attached hydrogens (tertiary/aromatic N) is 2. The highest BCUT2D eigenvalue weighted by atomic mass is 16.1. The van der Waals surface area contributed by atoms with E-state index in [2.05, 4.69) is 28.7 Å². The summed E-state index contributed by atoms with van der Waals surface area (Å²) in [4.78, 5) is 22.7. The third kappa shape index (κ3) is 2.30. The zero-order valence-corrected chi connectivity index (χ0v) is 13.0. The SMILES string of the molecule is CCc1c(C)[nH]c2nc(N(CC)CC)cc(C)c2c1=O. The lowest BCUT2D eigenvalue weighted by molar-refractivity contribution is 0.847. The molecular formula is C16H23N3O. The molecule has 0 aliphatic carbocycles. The van der Waals surface area contributed by atoms with E-state index in [9.17, 15) is 4.79 Å². The summed E-state index contributed by atoms with van der Waals surface area (Å²) in [5, 5.41) is 0.725. The van der Waals surface area contributed by atoms with E-state index in [-0.39, 0.29) is 5.43 Å². The van der Waals surface area contributed by atoms with Gasteiger partial charge < -0.3 is 9.88 Å². The summed E-state index contributed by atoms with van der Waals surface area (Å²) < 4.78 is 0. The van der Waals surface area contributed by atoms with E-state index in [4.69, 9.17) is 0 Å². The van der Waals surface area contributed by atoms with E-state index in [1.807, 2.05) is 26.8 Å². The minimum Gasteiger partial charge on any atom is -0.357 e. The van der Waals surface area contributed by atoms with Crippen molar-refractivity contribution in [2.75, 3.05) is 18.0 Å². The quantitative estimate of drug-likeness (QED) is 0.931. The van der Waals surface area contributed by atoms with Crippen LogP contribution in [0.5, 0.6) is 0 Å². The Bertz CT molecular complexity index is 684. The minimum atomic E-state index is 0.120. The molecule has 2 aromatic rings. The summed E-state index contributed by atoms with van der Waals surface area (Å²) >= 11 is 0. The first-order valence-electron chi connectivity index (χ1n) is 7.31. The van der Waals surface area contributed by atoms with Crippen molar-refractivity contribution in [2.45, 2.75) is 41.0 Å². The second kappa shape index (κ2) is 5.65. The van der Waals surface area contributed by atoms with Crippen LogP contribution in [0.25, 0.3) is 11.0 Å². The zero-order chi connectivity index (χ0) is 14.9. The van der Waals surface area contributed by atoms with Gasteiger partial charge in [-0.1, -0.05) is 6.92 Å². The molecule has 0 fully saturated rings. The van der Waals surface area contributed by atoms with Crippen molar-refractivity contribution in [1.82, 2.24) is 9.97 Å². The van der Waals surface area contributed by atoms with Crippen molar-refractivity contribution in [1.29, 1.82) is 0 Å². The highest BCUT2D eigenvalue weighted by Gasteiger charge is 2.13. The molecule has 1 N–H and O–H groups in total. The maximum absolute atomic E-state index is 12.5. The Labute approximate surface area is 119 Å². The third-order valence-corrected chi connectivity index (χ3v) is 3.90. The van der Waals surface area contributed by atoms with Crippen LogP contribution >= 0.6 is 0 Å².